The summed E-state index contributed by atoms with van der Waals surface area (Å²) < 4.78 is 5.18. The van der Waals surface area contributed by atoms with Crippen LogP contribution in [-0.4, -0.2) is 61.3 Å². The van der Waals surface area contributed by atoms with Gasteiger partial charge >= 0.3 is 0 Å². The number of likely N-dealkylation sites (tertiary alicyclic amines) is 1. The van der Waals surface area contributed by atoms with Gasteiger partial charge < -0.3 is 9.64 Å². The maximum absolute atomic E-state index is 12.3. The standard InChI is InChI=1S/C17H26N2O2S/c1-5-19-11-15(10-16(19)17(20)18(2)3)22-12-13-6-8-14(21-4)9-7-13/h6-9,15-16H,5,10-12H2,1-4H3/t15-,16-/m0/s1. The van der Waals surface area contributed by atoms with Crippen molar-refractivity contribution in [2.45, 2.75) is 30.4 Å². The molecular weight excluding hydrogens is 296 g/mol. The lowest BCUT2D eigenvalue weighted by Crippen LogP contribution is -2.42. The van der Waals surface area contributed by atoms with E-state index in [4.69, 9.17) is 4.74 Å². The maximum Gasteiger partial charge on any atom is 0.239 e. The summed E-state index contributed by atoms with van der Waals surface area (Å²) in [6.45, 7) is 4.07. The molecule has 22 heavy (non-hydrogen) atoms. The van der Waals surface area contributed by atoms with Crippen LogP contribution in [0.5, 0.6) is 5.75 Å². The molecular formula is C17H26N2O2S. The smallest absolute Gasteiger partial charge is 0.239 e. The van der Waals surface area contributed by atoms with Crippen molar-refractivity contribution in [2.75, 3.05) is 34.3 Å². The highest BCUT2D eigenvalue weighted by atomic mass is 32.2. The van der Waals surface area contributed by atoms with E-state index in [1.807, 2.05) is 38.0 Å². The fraction of sp³-hybridized carbons (Fsp3) is 0.588. The molecule has 1 fully saturated rings. The largest absolute Gasteiger partial charge is 0.497 e. The number of benzene rings is 1. The number of ether oxygens (including phenoxy) is 1. The van der Waals surface area contributed by atoms with E-state index in [-0.39, 0.29) is 11.9 Å². The minimum Gasteiger partial charge on any atom is -0.497 e. The van der Waals surface area contributed by atoms with Crippen molar-refractivity contribution in [2.24, 2.45) is 0 Å². The van der Waals surface area contributed by atoms with Crippen LogP contribution < -0.4 is 4.74 Å². The summed E-state index contributed by atoms with van der Waals surface area (Å²) in [5, 5.41) is 0.524. The Morgan fingerprint density at radius 3 is 2.59 bits per heavy atom. The lowest BCUT2D eigenvalue weighted by molar-refractivity contribution is -0.133. The van der Waals surface area contributed by atoms with Crippen molar-refractivity contribution < 1.29 is 9.53 Å². The van der Waals surface area contributed by atoms with Crippen LogP contribution in [0.25, 0.3) is 0 Å². The van der Waals surface area contributed by atoms with Crippen LogP contribution in [0.2, 0.25) is 0 Å². The highest BCUT2D eigenvalue weighted by molar-refractivity contribution is 7.99. The van der Waals surface area contributed by atoms with Gasteiger partial charge in [-0.15, -0.1) is 0 Å². The van der Waals surface area contributed by atoms with Crippen molar-refractivity contribution in [3.05, 3.63) is 29.8 Å². The Labute approximate surface area is 137 Å². The van der Waals surface area contributed by atoms with Gasteiger partial charge in [-0.05, 0) is 30.7 Å². The predicted octanol–water partition coefficient (Wildman–Crippen LogP) is 2.48. The fourth-order valence-corrected chi connectivity index (χ4v) is 4.06. The van der Waals surface area contributed by atoms with E-state index in [0.29, 0.717) is 5.25 Å². The molecule has 1 heterocycles. The molecule has 0 radical (unpaired) electrons. The molecule has 0 spiro atoms. The summed E-state index contributed by atoms with van der Waals surface area (Å²) in [7, 11) is 5.37. The van der Waals surface area contributed by atoms with Crippen molar-refractivity contribution in [3.63, 3.8) is 0 Å². The van der Waals surface area contributed by atoms with Gasteiger partial charge in [0.2, 0.25) is 5.91 Å². The number of amides is 1. The molecule has 2 rings (SSSR count). The highest BCUT2D eigenvalue weighted by Crippen LogP contribution is 2.30. The second-order valence-electron chi connectivity index (χ2n) is 5.85. The number of hydrogen-bond acceptors (Lipinski definition) is 4. The van der Waals surface area contributed by atoms with Gasteiger partial charge in [0.15, 0.2) is 0 Å². The van der Waals surface area contributed by atoms with Gasteiger partial charge in [-0.1, -0.05) is 19.1 Å². The Morgan fingerprint density at radius 1 is 1.36 bits per heavy atom. The molecule has 5 heteroatoms. The van der Waals surface area contributed by atoms with E-state index in [1.54, 1.807) is 12.0 Å². The number of nitrogens with zero attached hydrogens (tertiary/aromatic N) is 2. The SMILES string of the molecule is CCN1C[C@@H](SCc2ccc(OC)cc2)C[C@H]1C(=O)N(C)C. The molecule has 0 unspecified atom stereocenters. The summed E-state index contributed by atoms with van der Waals surface area (Å²) in [6, 6.07) is 8.28. The third kappa shape index (κ3) is 4.17. The van der Waals surface area contributed by atoms with Crippen LogP contribution in [0.15, 0.2) is 24.3 Å². The molecule has 0 bridgehead atoms. The summed E-state index contributed by atoms with van der Waals surface area (Å²) in [5.41, 5.74) is 1.30. The van der Waals surface area contributed by atoms with E-state index in [1.165, 1.54) is 5.56 Å². The third-order valence-electron chi connectivity index (χ3n) is 4.14. The number of thioether (sulfide) groups is 1. The predicted molar refractivity (Wildman–Crippen MR) is 92.4 cm³/mol. The molecule has 4 nitrogen and oxygen atoms in total. The number of carbonyl (C=O) groups excluding carboxylic acids is 1. The number of carbonyl (C=O) groups is 1. The van der Waals surface area contributed by atoms with Gasteiger partial charge in [0.25, 0.3) is 0 Å². The van der Waals surface area contributed by atoms with Crippen molar-refractivity contribution in [3.8, 4) is 5.75 Å². The Hall–Kier alpha value is -1.20. The van der Waals surface area contributed by atoms with Crippen molar-refractivity contribution in [1.82, 2.24) is 9.80 Å². The van der Waals surface area contributed by atoms with Crippen LogP contribution in [0, 0.1) is 0 Å². The number of methoxy groups -OCH3 is 1. The highest BCUT2D eigenvalue weighted by Gasteiger charge is 2.36. The maximum atomic E-state index is 12.3. The molecule has 122 valence electrons. The Bertz CT molecular complexity index is 490. The van der Waals surface area contributed by atoms with Crippen LogP contribution >= 0.6 is 11.8 Å². The monoisotopic (exact) mass is 322 g/mol. The molecule has 1 amide bonds. The second-order valence-corrected chi connectivity index (χ2v) is 7.14. The first-order valence-corrected chi connectivity index (χ1v) is 8.79. The van der Waals surface area contributed by atoms with E-state index in [0.717, 1.165) is 31.0 Å². The first kappa shape index (κ1) is 17.2. The van der Waals surface area contributed by atoms with Gasteiger partial charge in [-0.2, -0.15) is 11.8 Å². The lowest BCUT2D eigenvalue weighted by atomic mass is 10.2. The van der Waals surface area contributed by atoms with E-state index in [2.05, 4.69) is 24.0 Å². The zero-order valence-electron chi connectivity index (χ0n) is 13.9. The molecule has 0 aromatic heterocycles. The van der Waals surface area contributed by atoms with E-state index < -0.39 is 0 Å². The van der Waals surface area contributed by atoms with Gasteiger partial charge in [-0.25, -0.2) is 0 Å². The van der Waals surface area contributed by atoms with E-state index >= 15 is 0 Å². The lowest BCUT2D eigenvalue weighted by Gasteiger charge is -2.24. The summed E-state index contributed by atoms with van der Waals surface area (Å²) in [5.74, 6) is 2.10. The molecule has 0 aliphatic carbocycles. The van der Waals surface area contributed by atoms with Gasteiger partial charge in [0, 0.05) is 31.6 Å². The Morgan fingerprint density at radius 2 is 2.05 bits per heavy atom. The number of hydrogen-bond donors (Lipinski definition) is 0. The third-order valence-corrected chi connectivity index (χ3v) is 5.45. The number of rotatable bonds is 6. The van der Waals surface area contributed by atoms with Gasteiger partial charge in [-0.3, -0.25) is 9.69 Å². The zero-order chi connectivity index (χ0) is 16.1. The minimum atomic E-state index is 0.0494. The van der Waals surface area contributed by atoms with Gasteiger partial charge in [0.1, 0.15) is 5.75 Å². The van der Waals surface area contributed by atoms with E-state index in [9.17, 15) is 4.79 Å². The average Bonchev–Trinajstić information content (AvgIpc) is 2.95. The Kier molecular flexibility index (Phi) is 6.15. The topological polar surface area (TPSA) is 32.8 Å². The quantitative estimate of drug-likeness (QED) is 0.805. The molecule has 2 atom stereocenters. The van der Waals surface area contributed by atoms with Crippen LogP contribution in [0.3, 0.4) is 0 Å². The summed E-state index contributed by atoms with van der Waals surface area (Å²) in [6.07, 6.45) is 0.950. The normalized spacial score (nSPS) is 21.8. The van der Waals surface area contributed by atoms with Crippen LogP contribution in [-0.2, 0) is 10.5 Å². The first-order valence-electron chi connectivity index (χ1n) is 7.75. The molecule has 1 aliphatic rings. The number of likely N-dealkylation sites (N-methyl/N-ethyl adjacent to an activating group) is 2. The van der Waals surface area contributed by atoms with Gasteiger partial charge in [0.05, 0.1) is 13.2 Å². The second kappa shape index (κ2) is 7.88. The molecule has 1 aliphatic heterocycles. The van der Waals surface area contributed by atoms with Crippen LogP contribution in [0.1, 0.15) is 18.9 Å². The van der Waals surface area contributed by atoms with Crippen molar-refractivity contribution in [1.29, 1.82) is 0 Å². The molecule has 1 saturated heterocycles. The molecule has 0 N–H and O–H groups in total. The zero-order valence-corrected chi connectivity index (χ0v) is 14.7. The summed E-state index contributed by atoms with van der Waals surface area (Å²) in [4.78, 5) is 16.3. The fourth-order valence-electron chi connectivity index (χ4n) is 2.82. The first-order chi connectivity index (χ1) is 10.5. The van der Waals surface area contributed by atoms with Crippen LogP contribution in [0.4, 0.5) is 0 Å². The molecule has 1 aromatic carbocycles. The molecule has 1 aromatic rings. The Balaban J connectivity index is 1.89. The van der Waals surface area contributed by atoms with Crippen molar-refractivity contribution >= 4 is 17.7 Å². The average molecular weight is 322 g/mol. The minimum absolute atomic E-state index is 0.0494. The molecule has 0 saturated carbocycles. The summed E-state index contributed by atoms with van der Waals surface area (Å²) >= 11 is 1.95.